The van der Waals surface area contributed by atoms with Gasteiger partial charge in [-0.15, -0.1) is 0 Å². The first-order chi connectivity index (χ1) is 6.86. The van der Waals surface area contributed by atoms with Gasteiger partial charge in [0, 0.05) is 13.1 Å². The second kappa shape index (κ2) is 6.24. The third-order valence-electron chi connectivity index (χ3n) is 1.90. The molecular formula is C11H19N3. The Morgan fingerprint density at radius 3 is 1.93 bits per heavy atom. The zero-order chi connectivity index (χ0) is 10.2. The average Bonchev–Trinajstić information content (AvgIpc) is 2.24. The fraction of sp³-hybridized carbons (Fsp3) is 0.545. The molecular weight excluding hydrogens is 174 g/mol. The van der Waals surface area contributed by atoms with Gasteiger partial charge in [0.05, 0.1) is 23.8 Å². The minimum Gasteiger partial charge on any atom is -0.384 e. The molecule has 3 heteroatoms. The van der Waals surface area contributed by atoms with Crippen LogP contribution in [-0.2, 0) is 0 Å². The molecule has 0 aromatic carbocycles. The highest BCUT2D eigenvalue weighted by molar-refractivity contribution is 5.53. The molecule has 1 rings (SSSR count). The zero-order valence-electron chi connectivity index (χ0n) is 9.01. The van der Waals surface area contributed by atoms with E-state index in [1.807, 2.05) is 12.4 Å². The van der Waals surface area contributed by atoms with Crippen molar-refractivity contribution in [2.75, 3.05) is 23.7 Å². The van der Waals surface area contributed by atoms with E-state index in [1.165, 1.54) is 0 Å². The first-order valence-corrected chi connectivity index (χ1v) is 5.29. The van der Waals surface area contributed by atoms with Gasteiger partial charge in [0.2, 0.25) is 0 Å². The van der Waals surface area contributed by atoms with Crippen LogP contribution in [0, 0.1) is 0 Å². The summed E-state index contributed by atoms with van der Waals surface area (Å²) in [4.78, 5) is 4.17. The van der Waals surface area contributed by atoms with E-state index >= 15 is 0 Å². The van der Waals surface area contributed by atoms with Gasteiger partial charge >= 0.3 is 0 Å². The number of nitrogens with zero attached hydrogens (tertiary/aromatic N) is 1. The van der Waals surface area contributed by atoms with Crippen LogP contribution in [0.2, 0.25) is 0 Å². The summed E-state index contributed by atoms with van der Waals surface area (Å²) in [5.41, 5.74) is 2.18. The van der Waals surface area contributed by atoms with Crippen LogP contribution in [0.5, 0.6) is 0 Å². The van der Waals surface area contributed by atoms with Crippen LogP contribution in [0.15, 0.2) is 18.5 Å². The molecule has 1 heterocycles. The Bertz CT molecular complexity index is 237. The van der Waals surface area contributed by atoms with Gasteiger partial charge in [-0.25, -0.2) is 0 Å². The van der Waals surface area contributed by atoms with Gasteiger partial charge in [0.15, 0.2) is 0 Å². The van der Waals surface area contributed by atoms with Crippen LogP contribution in [0.4, 0.5) is 11.4 Å². The van der Waals surface area contributed by atoms with Crippen LogP contribution in [0.25, 0.3) is 0 Å². The van der Waals surface area contributed by atoms with Gasteiger partial charge in [-0.05, 0) is 18.9 Å². The van der Waals surface area contributed by atoms with Crippen molar-refractivity contribution >= 4 is 11.4 Å². The van der Waals surface area contributed by atoms with E-state index in [2.05, 4.69) is 35.5 Å². The molecule has 0 amide bonds. The van der Waals surface area contributed by atoms with Crippen molar-refractivity contribution in [2.24, 2.45) is 0 Å². The molecule has 3 nitrogen and oxygen atoms in total. The normalized spacial score (nSPS) is 9.86. The van der Waals surface area contributed by atoms with Crippen molar-refractivity contribution in [2.45, 2.75) is 26.7 Å². The predicted octanol–water partition coefficient (Wildman–Crippen LogP) is 2.73. The van der Waals surface area contributed by atoms with Gasteiger partial charge in [-0.3, -0.25) is 4.98 Å². The average molecular weight is 193 g/mol. The third kappa shape index (κ3) is 3.64. The van der Waals surface area contributed by atoms with E-state index < -0.39 is 0 Å². The molecule has 0 unspecified atom stereocenters. The predicted molar refractivity (Wildman–Crippen MR) is 61.8 cm³/mol. The maximum atomic E-state index is 4.17. The van der Waals surface area contributed by atoms with E-state index in [1.54, 1.807) is 0 Å². The van der Waals surface area contributed by atoms with Crippen LogP contribution in [0.1, 0.15) is 26.7 Å². The second-order valence-corrected chi connectivity index (χ2v) is 3.32. The fourth-order valence-corrected chi connectivity index (χ4v) is 1.17. The lowest BCUT2D eigenvalue weighted by molar-refractivity contribution is 0.970. The molecule has 0 radical (unpaired) electrons. The highest BCUT2D eigenvalue weighted by Gasteiger charge is 1.94. The number of hydrogen-bond donors (Lipinski definition) is 2. The Morgan fingerprint density at radius 1 is 1.00 bits per heavy atom. The summed E-state index contributed by atoms with van der Waals surface area (Å²) < 4.78 is 0. The van der Waals surface area contributed by atoms with Crippen molar-refractivity contribution in [3.8, 4) is 0 Å². The summed E-state index contributed by atoms with van der Waals surface area (Å²) in [7, 11) is 0. The van der Waals surface area contributed by atoms with Gasteiger partial charge in [0.1, 0.15) is 0 Å². The summed E-state index contributed by atoms with van der Waals surface area (Å²) >= 11 is 0. The molecule has 1 aromatic heterocycles. The Labute approximate surface area is 85.9 Å². The fourth-order valence-electron chi connectivity index (χ4n) is 1.17. The maximum absolute atomic E-state index is 4.17. The summed E-state index contributed by atoms with van der Waals surface area (Å²) in [6.07, 6.45) is 5.97. The summed E-state index contributed by atoms with van der Waals surface area (Å²) in [6.45, 7) is 6.30. The zero-order valence-corrected chi connectivity index (χ0v) is 9.01. The largest absolute Gasteiger partial charge is 0.384 e. The van der Waals surface area contributed by atoms with Crippen LogP contribution >= 0.6 is 0 Å². The number of hydrogen-bond acceptors (Lipinski definition) is 3. The smallest absolute Gasteiger partial charge is 0.0547 e. The van der Waals surface area contributed by atoms with Gasteiger partial charge in [-0.1, -0.05) is 13.8 Å². The van der Waals surface area contributed by atoms with E-state index in [0.717, 1.165) is 37.3 Å². The standard InChI is InChI=1S/C11H19N3/c1-3-5-13-10-7-11(9-12-8-10)14-6-4-2/h7-9,13-14H,3-6H2,1-2H3. The van der Waals surface area contributed by atoms with E-state index in [0.29, 0.717) is 0 Å². The molecule has 0 spiro atoms. The van der Waals surface area contributed by atoms with Gasteiger partial charge < -0.3 is 10.6 Å². The SMILES string of the molecule is CCCNc1cncc(NCCC)c1. The number of aromatic nitrogens is 1. The molecule has 0 saturated heterocycles. The molecule has 14 heavy (non-hydrogen) atoms. The molecule has 0 saturated carbocycles. The molecule has 0 aliphatic rings. The van der Waals surface area contributed by atoms with Crippen molar-refractivity contribution in [3.05, 3.63) is 18.5 Å². The lowest BCUT2D eigenvalue weighted by Crippen LogP contribution is -2.03. The monoisotopic (exact) mass is 193 g/mol. The minimum atomic E-state index is 0.999. The summed E-state index contributed by atoms with van der Waals surface area (Å²) in [6, 6.07) is 2.10. The lowest BCUT2D eigenvalue weighted by atomic mass is 10.3. The highest BCUT2D eigenvalue weighted by Crippen LogP contribution is 2.12. The summed E-state index contributed by atoms with van der Waals surface area (Å²) in [5.74, 6) is 0. The van der Waals surface area contributed by atoms with Crippen molar-refractivity contribution in [1.82, 2.24) is 4.98 Å². The molecule has 1 aromatic rings. The molecule has 0 fully saturated rings. The Balaban J connectivity index is 2.50. The first-order valence-electron chi connectivity index (χ1n) is 5.29. The third-order valence-corrected chi connectivity index (χ3v) is 1.90. The van der Waals surface area contributed by atoms with Crippen molar-refractivity contribution < 1.29 is 0 Å². The number of anilines is 2. The van der Waals surface area contributed by atoms with Crippen LogP contribution in [0.3, 0.4) is 0 Å². The number of rotatable bonds is 6. The molecule has 0 aliphatic carbocycles. The van der Waals surface area contributed by atoms with Crippen LogP contribution in [-0.4, -0.2) is 18.1 Å². The minimum absolute atomic E-state index is 0.999. The number of pyridine rings is 1. The first kappa shape index (κ1) is 10.8. The molecule has 0 atom stereocenters. The van der Waals surface area contributed by atoms with Crippen molar-refractivity contribution in [3.63, 3.8) is 0 Å². The highest BCUT2D eigenvalue weighted by atomic mass is 14.9. The maximum Gasteiger partial charge on any atom is 0.0547 e. The Hall–Kier alpha value is -1.25. The molecule has 78 valence electrons. The van der Waals surface area contributed by atoms with Gasteiger partial charge in [0.25, 0.3) is 0 Å². The molecule has 0 bridgehead atoms. The van der Waals surface area contributed by atoms with Gasteiger partial charge in [-0.2, -0.15) is 0 Å². The second-order valence-electron chi connectivity index (χ2n) is 3.32. The Kier molecular flexibility index (Phi) is 4.83. The Morgan fingerprint density at radius 2 is 1.50 bits per heavy atom. The lowest BCUT2D eigenvalue weighted by Gasteiger charge is -2.07. The van der Waals surface area contributed by atoms with Crippen LogP contribution < -0.4 is 10.6 Å². The molecule has 0 aliphatic heterocycles. The van der Waals surface area contributed by atoms with E-state index in [-0.39, 0.29) is 0 Å². The topological polar surface area (TPSA) is 37.0 Å². The van der Waals surface area contributed by atoms with E-state index in [9.17, 15) is 0 Å². The molecule has 2 N–H and O–H groups in total. The van der Waals surface area contributed by atoms with Crippen molar-refractivity contribution in [1.29, 1.82) is 0 Å². The van der Waals surface area contributed by atoms with E-state index in [4.69, 9.17) is 0 Å². The number of nitrogens with one attached hydrogen (secondary N) is 2. The summed E-state index contributed by atoms with van der Waals surface area (Å²) in [5, 5.41) is 6.62. The quantitative estimate of drug-likeness (QED) is 0.729.